The summed E-state index contributed by atoms with van der Waals surface area (Å²) in [5, 5.41) is 9.52. The van der Waals surface area contributed by atoms with Crippen molar-refractivity contribution in [3.63, 3.8) is 0 Å². The molecule has 0 radical (unpaired) electrons. The summed E-state index contributed by atoms with van der Waals surface area (Å²) in [4.78, 5) is 11.0. The zero-order valence-corrected chi connectivity index (χ0v) is 12.4. The maximum Gasteiger partial charge on any atom is 0.304 e. The highest BCUT2D eigenvalue weighted by Crippen LogP contribution is 2.44. The zero-order valence-electron chi connectivity index (χ0n) is 11.6. The lowest BCUT2D eigenvalue weighted by Crippen LogP contribution is -2.23. The summed E-state index contributed by atoms with van der Waals surface area (Å²) in [6.07, 6.45) is -0.0417. The first-order chi connectivity index (χ1) is 8.83. The average molecular weight is 287 g/mol. The van der Waals surface area contributed by atoms with Gasteiger partial charge in [-0.1, -0.05) is 25.4 Å². The Bertz CT molecular complexity index is 469. The van der Waals surface area contributed by atoms with Gasteiger partial charge < -0.3 is 14.6 Å². The molecule has 0 unspecified atom stereocenters. The minimum absolute atomic E-state index is 0.0417. The van der Waals surface area contributed by atoms with E-state index in [9.17, 15) is 4.79 Å². The van der Waals surface area contributed by atoms with Crippen molar-refractivity contribution in [3.05, 3.63) is 22.7 Å². The number of halogens is 1. The minimum atomic E-state index is -0.883. The molecule has 0 aliphatic rings. The van der Waals surface area contributed by atoms with Crippen LogP contribution in [0.3, 0.4) is 0 Å². The van der Waals surface area contributed by atoms with E-state index in [0.717, 1.165) is 0 Å². The van der Waals surface area contributed by atoms with Crippen LogP contribution in [-0.2, 0) is 10.2 Å². The number of methoxy groups -OCH3 is 1. The van der Waals surface area contributed by atoms with Gasteiger partial charge in [-0.15, -0.1) is 0 Å². The molecule has 0 heterocycles. The number of ether oxygens (including phenoxy) is 2. The molecule has 0 aliphatic carbocycles. The largest absolute Gasteiger partial charge is 0.493 e. The average Bonchev–Trinajstić information content (AvgIpc) is 2.27. The number of benzene rings is 1. The van der Waals surface area contributed by atoms with Gasteiger partial charge in [0.25, 0.3) is 0 Å². The Kier molecular flexibility index (Phi) is 5.06. The van der Waals surface area contributed by atoms with Crippen LogP contribution in [0.5, 0.6) is 11.5 Å². The van der Waals surface area contributed by atoms with E-state index >= 15 is 0 Å². The Morgan fingerprint density at radius 1 is 1.42 bits per heavy atom. The van der Waals surface area contributed by atoms with Gasteiger partial charge in [-0.25, -0.2) is 0 Å². The maximum absolute atomic E-state index is 11.0. The quantitative estimate of drug-likeness (QED) is 0.869. The minimum Gasteiger partial charge on any atom is -0.493 e. The fourth-order valence-electron chi connectivity index (χ4n) is 2.08. The van der Waals surface area contributed by atoms with E-state index in [0.29, 0.717) is 28.7 Å². The van der Waals surface area contributed by atoms with Gasteiger partial charge in [0.2, 0.25) is 0 Å². The second-order valence-electron chi connectivity index (χ2n) is 4.84. The molecule has 1 rings (SSSR count). The van der Waals surface area contributed by atoms with Crippen LogP contribution in [-0.4, -0.2) is 24.8 Å². The predicted octanol–water partition coefficient (Wildman–Crippen LogP) is 3.50. The molecule has 1 aromatic rings. The van der Waals surface area contributed by atoms with E-state index in [1.807, 2.05) is 20.8 Å². The van der Waals surface area contributed by atoms with Crippen LogP contribution in [0.2, 0.25) is 5.02 Å². The van der Waals surface area contributed by atoms with Crippen molar-refractivity contribution >= 4 is 17.6 Å². The van der Waals surface area contributed by atoms with Crippen molar-refractivity contribution in [3.8, 4) is 11.5 Å². The lowest BCUT2D eigenvalue weighted by Gasteiger charge is -2.27. The summed E-state index contributed by atoms with van der Waals surface area (Å²) in [7, 11) is 1.54. The van der Waals surface area contributed by atoms with Gasteiger partial charge in [-0.05, 0) is 19.1 Å². The molecule has 1 aromatic carbocycles. The lowest BCUT2D eigenvalue weighted by molar-refractivity contribution is -0.138. The molecule has 0 aliphatic heterocycles. The van der Waals surface area contributed by atoms with E-state index < -0.39 is 11.4 Å². The molecular formula is C14H19ClO4. The molecule has 0 saturated heterocycles. The van der Waals surface area contributed by atoms with E-state index in [4.69, 9.17) is 26.2 Å². The van der Waals surface area contributed by atoms with Gasteiger partial charge >= 0.3 is 5.97 Å². The first kappa shape index (κ1) is 15.6. The number of aliphatic carboxylic acids is 1. The van der Waals surface area contributed by atoms with Crippen LogP contribution in [0.25, 0.3) is 0 Å². The molecule has 5 heteroatoms. The number of hydrogen-bond acceptors (Lipinski definition) is 3. The second-order valence-corrected chi connectivity index (χ2v) is 5.25. The maximum atomic E-state index is 11.0. The Morgan fingerprint density at radius 2 is 2.05 bits per heavy atom. The third-order valence-corrected chi connectivity index (χ3v) is 3.16. The Morgan fingerprint density at radius 3 is 2.53 bits per heavy atom. The monoisotopic (exact) mass is 286 g/mol. The number of carbonyl (C=O) groups is 1. The highest BCUT2D eigenvalue weighted by molar-refractivity contribution is 6.31. The molecule has 0 fully saturated rings. The van der Waals surface area contributed by atoms with Crippen LogP contribution in [0.4, 0.5) is 0 Å². The fraction of sp³-hybridized carbons (Fsp3) is 0.500. The topological polar surface area (TPSA) is 55.8 Å². The molecule has 0 bridgehead atoms. The Hall–Kier alpha value is -1.42. The summed E-state index contributed by atoms with van der Waals surface area (Å²) in [5.41, 5.74) is 0.0138. The fourth-order valence-corrected chi connectivity index (χ4v) is 2.49. The number of carboxylic acids is 1. The molecule has 106 valence electrons. The normalized spacial score (nSPS) is 11.2. The van der Waals surface area contributed by atoms with Crippen LogP contribution in [0.15, 0.2) is 12.1 Å². The summed E-state index contributed by atoms with van der Waals surface area (Å²) in [6.45, 7) is 5.95. The van der Waals surface area contributed by atoms with Gasteiger partial charge in [0.15, 0.2) is 11.5 Å². The molecule has 0 aromatic heterocycles. The molecular weight excluding hydrogens is 268 g/mol. The number of rotatable bonds is 6. The Balaban J connectivity index is 3.42. The SMILES string of the molecule is CCOc1c(OC)ccc(Cl)c1C(C)(C)CC(=O)O. The summed E-state index contributed by atoms with van der Waals surface area (Å²) in [6, 6.07) is 3.41. The van der Waals surface area contributed by atoms with E-state index in [1.165, 1.54) is 0 Å². The van der Waals surface area contributed by atoms with Crippen molar-refractivity contribution in [1.29, 1.82) is 0 Å². The van der Waals surface area contributed by atoms with Gasteiger partial charge in [0.1, 0.15) is 0 Å². The summed E-state index contributed by atoms with van der Waals surface area (Å²) in [5.74, 6) is 0.190. The third kappa shape index (κ3) is 3.53. The molecule has 0 saturated carbocycles. The molecule has 0 spiro atoms. The van der Waals surface area contributed by atoms with E-state index in [-0.39, 0.29) is 6.42 Å². The number of hydrogen-bond donors (Lipinski definition) is 1. The van der Waals surface area contributed by atoms with Crippen LogP contribution in [0, 0.1) is 0 Å². The van der Waals surface area contributed by atoms with Crippen LogP contribution in [0.1, 0.15) is 32.8 Å². The van der Waals surface area contributed by atoms with Crippen LogP contribution >= 0.6 is 11.6 Å². The van der Waals surface area contributed by atoms with Gasteiger partial charge in [-0.2, -0.15) is 0 Å². The van der Waals surface area contributed by atoms with Crippen LogP contribution < -0.4 is 9.47 Å². The van der Waals surface area contributed by atoms with E-state index in [1.54, 1.807) is 19.2 Å². The molecule has 0 amide bonds. The summed E-state index contributed by atoms with van der Waals surface area (Å²) < 4.78 is 10.9. The highest BCUT2D eigenvalue weighted by Gasteiger charge is 2.31. The second kappa shape index (κ2) is 6.15. The molecule has 1 N–H and O–H groups in total. The van der Waals surface area contributed by atoms with Gasteiger partial charge in [0, 0.05) is 16.0 Å². The van der Waals surface area contributed by atoms with Crippen molar-refractivity contribution < 1.29 is 19.4 Å². The van der Waals surface area contributed by atoms with Crippen molar-refractivity contribution in [2.24, 2.45) is 0 Å². The van der Waals surface area contributed by atoms with Gasteiger partial charge in [0.05, 0.1) is 20.1 Å². The van der Waals surface area contributed by atoms with Gasteiger partial charge in [-0.3, -0.25) is 4.79 Å². The van der Waals surface area contributed by atoms with Crippen molar-refractivity contribution in [2.75, 3.05) is 13.7 Å². The zero-order chi connectivity index (χ0) is 14.6. The number of carboxylic acid groups (broad SMARTS) is 1. The molecule has 0 atom stereocenters. The summed E-state index contributed by atoms with van der Waals surface area (Å²) >= 11 is 6.23. The van der Waals surface area contributed by atoms with Crippen molar-refractivity contribution in [1.82, 2.24) is 0 Å². The third-order valence-electron chi connectivity index (χ3n) is 2.85. The highest BCUT2D eigenvalue weighted by atomic mass is 35.5. The lowest BCUT2D eigenvalue weighted by atomic mass is 9.80. The standard InChI is InChI=1S/C14H19ClO4/c1-5-19-13-10(18-4)7-6-9(15)12(13)14(2,3)8-11(16)17/h6-7H,5,8H2,1-4H3,(H,16,17). The predicted molar refractivity (Wildman–Crippen MR) is 74.5 cm³/mol. The molecule has 19 heavy (non-hydrogen) atoms. The Labute approximate surface area is 118 Å². The first-order valence-corrected chi connectivity index (χ1v) is 6.42. The van der Waals surface area contributed by atoms with E-state index in [2.05, 4.69) is 0 Å². The smallest absolute Gasteiger partial charge is 0.304 e. The molecule has 4 nitrogen and oxygen atoms in total. The first-order valence-electron chi connectivity index (χ1n) is 6.05. The van der Waals surface area contributed by atoms with Crippen molar-refractivity contribution in [2.45, 2.75) is 32.6 Å².